The number of halogens is 1. The van der Waals surface area contributed by atoms with Crippen LogP contribution in [-0.2, 0) is 4.74 Å². The summed E-state index contributed by atoms with van der Waals surface area (Å²) in [5.41, 5.74) is 1.18. The van der Waals surface area contributed by atoms with E-state index in [-0.39, 0.29) is 5.82 Å². The van der Waals surface area contributed by atoms with Gasteiger partial charge in [0.15, 0.2) is 0 Å². The highest BCUT2D eigenvalue weighted by Gasteiger charge is 2.31. The summed E-state index contributed by atoms with van der Waals surface area (Å²) in [6.45, 7) is 5.11. The molecule has 0 saturated heterocycles. The molecule has 1 atom stereocenters. The molecule has 1 aliphatic carbocycles. The van der Waals surface area contributed by atoms with E-state index in [2.05, 4.69) is 11.9 Å². The second-order valence-electron chi connectivity index (χ2n) is 4.71. The molecule has 0 amide bonds. The Morgan fingerprint density at radius 3 is 2.72 bits per heavy atom. The maximum atomic E-state index is 12.9. The van der Waals surface area contributed by atoms with Gasteiger partial charge in [-0.25, -0.2) is 4.39 Å². The molecule has 1 aromatic rings. The minimum absolute atomic E-state index is 0.173. The lowest BCUT2D eigenvalue weighted by atomic mass is 10.0. The lowest BCUT2D eigenvalue weighted by Crippen LogP contribution is -2.24. The Morgan fingerprint density at radius 2 is 2.11 bits per heavy atom. The lowest BCUT2D eigenvalue weighted by Gasteiger charge is -2.18. The first kappa shape index (κ1) is 13.1. The SMILES string of the molecule is C=COCCCNC(c1ccc(F)cc1)C1CC1. The normalized spacial score (nSPS) is 16.3. The van der Waals surface area contributed by atoms with Gasteiger partial charge in [-0.2, -0.15) is 0 Å². The molecule has 1 N–H and O–H groups in total. The summed E-state index contributed by atoms with van der Waals surface area (Å²) in [7, 11) is 0. The lowest BCUT2D eigenvalue weighted by molar-refractivity contribution is 0.242. The second-order valence-corrected chi connectivity index (χ2v) is 4.71. The average Bonchev–Trinajstić information content (AvgIpc) is 3.20. The fraction of sp³-hybridized carbons (Fsp3) is 0.467. The summed E-state index contributed by atoms with van der Waals surface area (Å²) in [5, 5.41) is 3.54. The van der Waals surface area contributed by atoms with Gasteiger partial charge in [-0.1, -0.05) is 18.7 Å². The predicted molar refractivity (Wildman–Crippen MR) is 70.6 cm³/mol. The van der Waals surface area contributed by atoms with Crippen molar-refractivity contribution in [2.75, 3.05) is 13.2 Å². The van der Waals surface area contributed by atoms with E-state index in [0.717, 1.165) is 13.0 Å². The highest BCUT2D eigenvalue weighted by atomic mass is 19.1. The van der Waals surface area contributed by atoms with E-state index >= 15 is 0 Å². The standard InChI is InChI=1S/C15H20FNO/c1-2-18-11-3-10-17-15(12-4-5-12)13-6-8-14(16)9-7-13/h2,6-9,12,15,17H,1,3-5,10-11H2. The van der Waals surface area contributed by atoms with Crippen molar-refractivity contribution in [3.63, 3.8) is 0 Å². The smallest absolute Gasteiger partial charge is 0.123 e. The van der Waals surface area contributed by atoms with Gasteiger partial charge in [0.1, 0.15) is 5.82 Å². The monoisotopic (exact) mass is 249 g/mol. The van der Waals surface area contributed by atoms with Gasteiger partial charge in [0, 0.05) is 6.04 Å². The van der Waals surface area contributed by atoms with Crippen LogP contribution in [0.5, 0.6) is 0 Å². The van der Waals surface area contributed by atoms with Gasteiger partial charge in [0.2, 0.25) is 0 Å². The van der Waals surface area contributed by atoms with Crippen LogP contribution >= 0.6 is 0 Å². The molecule has 0 aliphatic heterocycles. The van der Waals surface area contributed by atoms with Crippen LogP contribution in [-0.4, -0.2) is 13.2 Å². The van der Waals surface area contributed by atoms with Gasteiger partial charge in [-0.3, -0.25) is 0 Å². The Morgan fingerprint density at radius 1 is 1.39 bits per heavy atom. The number of nitrogens with one attached hydrogen (secondary N) is 1. The fourth-order valence-corrected chi connectivity index (χ4v) is 2.15. The summed E-state index contributed by atoms with van der Waals surface area (Å²) < 4.78 is 18.0. The Bertz CT molecular complexity index is 373. The third-order valence-corrected chi connectivity index (χ3v) is 3.24. The van der Waals surface area contributed by atoms with Crippen LogP contribution in [0.4, 0.5) is 4.39 Å². The molecule has 1 aromatic carbocycles. The minimum atomic E-state index is -0.173. The minimum Gasteiger partial charge on any atom is -0.502 e. The van der Waals surface area contributed by atoms with E-state index in [4.69, 9.17) is 4.74 Å². The predicted octanol–water partition coefficient (Wildman–Crippen LogP) is 3.42. The van der Waals surface area contributed by atoms with Gasteiger partial charge in [-0.05, 0) is 49.4 Å². The Kier molecular flexibility index (Phi) is 4.76. The summed E-state index contributed by atoms with van der Waals surface area (Å²) >= 11 is 0. The van der Waals surface area contributed by atoms with Crippen molar-refractivity contribution in [1.82, 2.24) is 5.32 Å². The van der Waals surface area contributed by atoms with Crippen molar-refractivity contribution >= 4 is 0 Å². The zero-order valence-electron chi connectivity index (χ0n) is 10.6. The number of rotatable bonds is 8. The van der Waals surface area contributed by atoms with Crippen molar-refractivity contribution in [3.05, 3.63) is 48.5 Å². The summed E-state index contributed by atoms with van der Waals surface area (Å²) in [4.78, 5) is 0. The number of benzene rings is 1. The van der Waals surface area contributed by atoms with Crippen LogP contribution in [0.3, 0.4) is 0 Å². The molecule has 0 radical (unpaired) electrons. The van der Waals surface area contributed by atoms with E-state index in [0.29, 0.717) is 18.6 Å². The Balaban J connectivity index is 1.84. The quantitative estimate of drug-likeness (QED) is 0.563. The number of hydrogen-bond acceptors (Lipinski definition) is 2. The van der Waals surface area contributed by atoms with Crippen molar-refractivity contribution in [3.8, 4) is 0 Å². The molecule has 1 fully saturated rings. The molecular formula is C15H20FNO. The third kappa shape index (κ3) is 3.84. The molecule has 1 unspecified atom stereocenters. The highest BCUT2D eigenvalue weighted by molar-refractivity contribution is 5.21. The van der Waals surface area contributed by atoms with E-state index in [1.54, 1.807) is 0 Å². The summed E-state index contributed by atoms with van der Waals surface area (Å²) in [6.07, 6.45) is 4.95. The van der Waals surface area contributed by atoms with Crippen LogP contribution in [0.1, 0.15) is 30.9 Å². The maximum absolute atomic E-state index is 12.9. The van der Waals surface area contributed by atoms with E-state index in [1.165, 1.54) is 36.8 Å². The highest BCUT2D eigenvalue weighted by Crippen LogP contribution is 2.40. The maximum Gasteiger partial charge on any atom is 0.123 e. The molecular weight excluding hydrogens is 229 g/mol. The van der Waals surface area contributed by atoms with Crippen molar-refractivity contribution in [2.24, 2.45) is 5.92 Å². The molecule has 1 aliphatic rings. The molecule has 98 valence electrons. The van der Waals surface area contributed by atoms with Gasteiger partial charge >= 0.3 is 0 Å². The first-order chi connectivity index (χ1) is 8.81. The third-order valence-electron chi connectivity index (χ3n) is 3.24. The van der Waals surface area contributed by atoms with Gasteiger partial charge in [0.05, 0.1) is 12.9 Å². The zero-order chi connectivity index (χ0) is 12.8. The summed E-state index contributed by atoms with van der Waals surface area (Å²) in [5.74, 6) is 0.531. The van der Waals surface area contributed by atoms with Gasteiger partial charge in [-0.15, -0.1) is 0 Å². The van der Waals surface area contributed by atoms with Crippen LogP contribution in [0, 0.1) is 11.7 Å². The van der Waals surface area contributed by atoms with Crippen LogP contribution < -0.4 is 5.32 Å². The molecule has 3 heteroatoms. The van der Waals surface area contributed by atoms with Gasteiger partial charge in [0.25, 0.3) is 0 Å². The molecule has 1 saturated carbocycles. The van der Waals surface area contributed by atoms with Crippen LogP contribution in [0.15, 0.2) is 37.1 Å². The fourth-order valence-electron chi connectivity index (χ4n) is 2.15. The first-order valence-corrected chi connectivity index (χ1v) is 6.52. The number of ether oxygens (including phenoxy) is 1. The van der Waals surface area contributed by atoms with E-state index < -0.39 is 0 Å². The molecule has 0 aromatic heterocycles. The van der Waals surface area contributed by atoms with E-state index in [9.17, 15) is 4.39 Å². The Labute approximate surface area is 108 Å². The van der Waals surface area contributed by atoms with Crippen LogP contribution in [0.25, 0.3) is 0 Å². The van der Waals surface area contributed by atoms with Gasteiger partial charge < -0.3 is 10.1 Å². The largest absolute Gasteiger partial charge is 0.502 e. The Hall–Kier alpha value is -1.35. The molecule has 18 heavy (non-hydrogen) atoms. The van der Waals surface area contributed by atoms with Crippen molar-refractivity contribution in [1.29, 1.82) is 0 Å². The topological polar surface area (TPSA) is 21.3 Å². The zero-order valence-corrected chi connectivity index (χ0v) is 10.6. The van der Waals surface area contributed by atoms with Crippen LogP contribution in [0.2, 0.25) is 0 Å². The summed E-state index contributed by atoms with van der Waals surface area (Å²) in [6, 6.07) is 7.19. The molecule has 0 bridgehead atoms. The molecule has 0 heterocycles. The first-order valence-electron chi connectivity index (χ1n) is 6.52. The number of hydrogen-bond donors (Lipinski definition) is 1. The molecule has 0 spiro atoms. The molecule has 2 nitrogen and oxygen atoms in total. The average molecular weight is 249 g/mol. The van der Waals surface area contributed by atoms with Crippen molar-refractivity contribution < 1.29 is 9.13 Å². The second kappa shape index (κ2) is 6.55. The van der Waals surface area contributed by atoms with E-state index in [1.807, 2.05) is 12.1 Å². The van der Waals surface area contributed by atoms with Crippen molar-refractivity contribution in [2.45, 2.75) is 25.3 Å². The molecule has 2 rings (SSSR count).